The standard InChI is InChI=1S/C13H18O3/c1-7(2)6-12(4)10-8(3)9(14)13(12,5)11(15)16-10/h6,8,10H,1-5H3/t8-,10-,12-,13-/m0/s1. The summed E-state index contributed by atoms with van der Waals surface area (Å²) < 4.78 is 5.36. The third-order valence-corrected chi connectivity index (χ3v) is 4.26. The molecule has 88 valence electrons. The van der Waals surface area contributed by atoms with Crippen LogP contribution in [0.1, 0.15) is 34.6 Å². The van der Waals surface area contributed by atoms with Crippen LogP contribution in [0.4, 0.5) is 0 Å². The molecule has 0 aromatic carbocycles. The van der Waals surface area contributed by atoms with E-state index in [0.29, 0.717) is 0 Å². The molecule has 2 rings (SSSR count). The molecule has 1 saturated heterocycles. The molecule has 0 aromatic heterocycles. The minimum atomic E-state index is -0.992. The van der Waals surface area contributed by atoms with Crippen molar-refractivity contribution in [3.8, 4) is 0 Å². The molecule has 1 saturated carbocycles. The summed E-state index contributed by atoms with van der Waals surface area (Å²) in [4.78, 5) is 24.0. The zero-order valence-corrected chi connectivity index (χ0v) is 10.5. The van der Waals surface area contributed by atoms with Gasteiger partial charge in [-0.2, -0.15) is 0 Å². The first-order valence-corrected chi connectivity index (χ1v) is 5.66. The fourth-order valence-corrected chi connectivity index (χ4v) is 3.27. The zero-order chi connectivity index (χ0) is 12.3. The first kappa shape index (κ1) is 11.4. The number of esters is 1. The number of ether oxygens (including phenoxy) is 1. The van der Waals surface area contributed by atoms with Crippen LogP contribution in [0, 0.1) is 16.7 Å². The summed E-state index contributed by atoms with van der Waals surface area (Å²) >= 11 is 0. The smallest absolute Gasteiger partial charge is 0.320 e. The van der Waals surface area contributed by atoms with Gasteiger partial charge in [0.05, 0.1) is 5.92 Å². The number of rotatable bonds is 1. The summed E-state index contributed by atoms with van der Waals surface area (Å²) in [6.45, 7) is 9.48. The van der Waals surface area contributed by atoms with E-state index in [1.54, 1.807) is 6.92 Å². The van der Waals surface area contributed by atoms with Gasteiger partial charge in [-0.1, -0.05) is 25.5 Å². The summed E-state index contributed by atoms with van der Waals surface area (Å²) in [7, 11) is 0. The van der Waals surface area contributed by atoms with E-state index in [1.165, 1.54) is 0 Å². The second kappa shape index (κ2) is 2.96. The van der Waals surface area contributed by atoms with Gasteiger partial charge in [-0.25, -0.2) is 0 Å². The maximum Gasteiger partial charge on any atom is 0.320 e. The van der Waals surface area contributed by atoms with Crippen LogP contribution in [-0.4, -0.2) is 17.9 Å². The monoisotopic (exact) mass is 222 g/mol. The van der Waals surface area contributed by atoms with Gasteiger partial charge in [0.1, 0.15) is 11.5 Å². The largest absolute Gasteiger partial charge is 0.460 e. The summed E-state index contributed by atoms with van der Waals surface area (Å²) in [5.74, 6) is -0.530. The van der Waals surface area contributed by atoms with E-state index >= 15 is 0 Å². The van der Waals surface area contributed by atoms with Gasteiger partial charge in [0, 0.05) is 5.41 Å². The molecule has 0 aromatic rings. The van der Waals surface area contributed by atoms with Crippen LogP contribution in [-0.2, 0) is 14.3 Å². The predicted molar refractivity (Wildman–Crippen MR) is 59.7 cm³/mol. The Labute approximate surface area is 95.9 Å². The fraction of sp³-hybridized carbons (Fsp3) is 0.692. The van der Waals surface area contributed by atoms with Gasteiger partial charge in [-0.3, -0.25) is 9.59 Å². The van der Waals surface area contributed by atoms with Crippen molar-refractivity contribution in [2.45, 2.75) is 40.7 Å². The van der Waals surface area contributed by atoms with Gasteiger partial charge >= 0.3 is 5.97 Å². The molecular weight excluding hydrogens is 204 g/mol. The number of hydrogen-bond acceptors (Lipinski definition) is 3. The molecule has 0 N–H and O–H groups in total. The molecule has 2 fully saturated rings. The van der Waals surface area contributed by atoms with Crippen LogP contribution in [0.5, 0.6) is 0 Å². The van der Waals surface area contributed by atoms with Gasteiger partial charge < -0.3 is 4.74 Å². The van der Waals surface area contributed by atoms with E-state index in [4.69, 9.17) is 4.74 Å². The van der Waals surface area contributed by atoms with Crippen molar-refractivity contribution in [2.75, 3.05) is 0 Å². The molecule has 2 aliphatic rings. The Balaban J connectivity index is 2.62. The second-order valence-electron chi connectivity index (χ2n) is 5.61. The van der Waals surface area contributed by atoms with E-state index in [9.17, 15) is 9.59 Å². The number of allylic oxidation sites excluding steroid dienone is 1. The lowest BCUT2D eigenvalue weighted by Gasteiger charge is -2.28. The summed E-state index contributed by atoms with van der Waals surface area (Å²) in [5.41, 5.74) is -0.368. The lowest BCUT2D eigenvalue weighted by atomic mass is 9.68. The van der Waals surface area contributed by atoms with E-state index in [0.717, 1.165) is 5.57 Å². The minimum absolute atomic E-state index is 0.0220. The van der Waals surface area contributed by atoms with Crippen LogP contribution >= 0.6 is 0 Å². The molecule has 2 bridgehead atoms. The molecule has 0 spiro atoms. The van der Waals surface area contributed by atoms with Crippen LogP contribution in [0.3, 0.4) is 0 Å². The summed E-state index contributed by atoms with van der Waals surface area (Å²) in [5, 5.41) is 0. The van der Waals surface area contributed by atoms with E-state index < -0.39 is 10.8 Å². The van der Waals surface area contributed by atoms with Gasteiger partial charge in [-0.15, -0.1) is 0 Å². The molecule has 16 heavy (non-hydrogen) atoms. The fourth-order valence-electron chi connectivity index (χ4n) is 3.27. The highest BCUT2D eigenvalue weighted by Crippen LogP contribution is 2.60. The average Bonchev–Trinajstić information content (AvgIpc) is 2.42. The van der Waals surface area contributed by atoms with Crippen LogP contribution in [0.15, 0.2) is 11.6 Å². The Morgan fingerprint density at radius 3 is 2.31 bits per heavy atom. The van der Waals surface area contributed by atoms with E-state index in [1.807, 2.05) is 33.8 Å². The molecule has 3 nitrogen and oxygen atoms in total. The number of hydrogen-bond donors (Lipinski definition) is 0. The zero-order valence-electron chi connectivity index (χ0n) is 10.5. The summed E-state index contributed by atoms with van der Waals surface area (Å²) in [6, 6.07) is 0. The first-order valence-electron chi connectivity index (χ1n) is 5.66. The first-order chi connectivity index (χ1) is 7.25. The van der Waals surface area contributed by atoms with Crippen LogP contribution < -0.4 is 0 Å². The molecule has 1 heterocycles. The van der Waals surface area contributed by atoms with Gasteiger partial charge in [0.15, 0.2) is 5.78 Å². The van der Waals surface area contributed by atoms with Gasteiger partial charge in [0.2, 0.25) is 0 Å². The lowest BCUT2D eigenvalue weighted by molar-refractivity contribution is -0.161. The summed E-state index contributed by atoms with van der Waals surface area (Å²) in [6.07, 6.45) is 1.72. The second-order valence-corrected chi connectivity index (χ2v) is 5.61. The third-order valence-electron chi connectivity index (χ3n) is 4.26. The van der Waals surface area contributed by atoms with Crippen LogP contribution in [0.25, 0.3) is 0 Å². The topological polar surface area (TPSA) is 43.4 Å². The third kappa shape index (κ3) is 0.989. The Kier molecular flexibility index (Phi) is 2.10. The van der Waals surface area contributed by atoms with E-state index in [2.05, 4.69) is 0 Å². The molecule has 0 radical (unpaired) electrons. The number of ketones is 1. The Hall–Kier alpha value is -1.12. The van der Waals surface area contributed by atoms with Crippen molar-refractivity contribution >= 4 is 11.8 Å². The maximum absolute atomic E-state index is 12.2. The average molecular weight is 222 g/mol. The molecule has 4 atom stereocenters. The molecular formula is C13H18O3. The lowest BCUT2D eigenvalue weighted by Crippen LogP contribution is -2.41. The molecule has 1 aliphatic carbocycles. The Morgan fingerprint density at radius 1 is 1.31 bits per heavy atom. The van der Waals surface area contributed by atoms with Gasteiger partial charge in [-0.05, 0) is 20.8 Å². The SMILES string of the molecule is CC(C)=C[C@@]1(C)[C@H]2OC(=O)[C@]1(C)C(=O)[C@@H]2C. The van der Waals surface area contributed by atoms with Crippen LogP contribution in [0.2, 0.25) is 0 Å². The number of carbonyl (C=O) groups is 2. The number of carbonyl (C=O) groups excluding carboxylic acids is 2. The predicted octanol–water partition coefficient (Wildman–Crippen LogP) is 2.11. The van der Waals surface area contributed by atoms with Crippen molar-refractivity contribution in [1.82, 2.24) is 0 Å². The van der Waals surface area contributed by atoms with E-state index in [-0.39, 0.29) is 23.8 Å². The van der Waals surface area contributed by atoms with Crippen molar-refractivity contribution in [3.63, 3.8) is 0 Å². The Morgan fingerprint density at radius 2 is 1.88 bits per heavy atom. The number of Topliss-reactive ketones (excluding diaryl/α,β-unsaturated/α-hetero) is 1. The highest BCUT2D eigenvalue weighted by atomic mass is 16.6. The van der Waals surface area contributed by atoms with Crippen molar-refractivity contribution in [3.05, 3.63) is 11.6 Å². The molecule has 0 unspecified atom stereocenters. The quantitative estimate of drug-likeness (QED) is 0.388. The Bertz CT molecular complexity index is 405. The normalized spacial score (nSPS) is 45.8. The number of fused-ring (bicyclic) bond motifs is 2. The van der Waals surface area contributed by atoms with Crippen molar-refractivity contribution < 1.29 is 14.3 Å². The molecule has 0 amide bonds. The van der Waals surface area contributed by atoms with Crippen molar-refractivity contribution in [2.24, 2.45) is 16.7 Å². The molecule has 3 heteroatoms. The minimum Gasteiger partial charge on any atom is -0.460 e. The van der Waals surface area contributed by atoms with Gasteiger partial charge in [0.25, 0.3) is 0 Å². The highest BCUT2D eigenvalue weighted by molar-refractivity contribution is 6.10. The maximum atomic E-state index is 12.2. The highest BCUT2D eigenvalue weighted by Gasteiger charge is 2.73. The molecule has 1 aliphatic heterocycles. The van der Waals surface area contributed by atoms with Crippen molar-refractivity contribution in [1.29, 1.82) is 0 Å².